The quantitative estimate of drug-likeness (QED) is 0.476. The second-order valence-electron chi connectivity index (χ2n) is 6.21. The Morgan fingerprint density at radius 2 is 1.90 bits per heavy atom. The Balaban J connectivity index is 1.53. The molecule has 0 spiro atoms. The normalized spacial score (nSPS) is 11.5. The van der Waals surface area contributed by atoms with Gasteiger partial charge in [-0.05, 0) is 42.5 Å². The molecule has 0 radical (unpaired) electrons. The van der Waals surface area contributed by atoms with Crippen LogP contribution in [0, 0.1) is 0 Å². The topological polar surface area (TPSA) is 93.1 Å². The summed E-state index contributed by atoms with van der Waals surface area (Å²) in [5.74, 6) is -0.309. The van der Waals surface area contributed by atoms with E-state index in [2.05, 4.69) is 15.0 Å². The lowest BCUT2D eigenvalue weighted by molar-refractivity contribution is 0.101. The fourth-order valence-corrected chi connectivity index (χ4v) is 4.84. The number of hydrogen-bond acceptors (Lipinski definition) is 5. The van der Waals surface area contributed by atoms with Gasteiger partial charge in [0.1, 0.15) is 5.69 Å². The number of aromatic nitrogens is 2. The van der Waals surface area contributed by atoms with Crippen molar-refractivity contribution in [3.8, 4) is 0 Å². The second kappa shape index (κ2) is 7.51. The number of fused-ring (bicyclic) bond motifs is 1. The molecule has 2 aromatic heterocycles. The molecular formula is C19H15ClN4O3S2. The third-order valence-corrected chi connectivity index (χ3v) is 6.72. The molecule has 4 rings (SSSR count). The first-order chi connectivity index (χ1) is 13.8. The van der Waals surface area contributed by atoms with Crippen molar-refractivity contribution in [2.75, 3.05) is 10.0 Å². The molecule has 0 unspecified atom stereocenters. The van der Waals surface area contributed by atoms with E-state index in [1.165, 1.54) is 41.8 Å². The van der Waals surface area contributed by atoms with Crippen LogP contribution in [0.5, 0.6) is 0 Å². The van der Waals surface area contributed by atoms with Gasteiger partial charge in [0.05, 0.1) is 4.90 Å². The average Bonchev–Trinajstić information content (AvgIpc) is 3.30. The maximum atomic E-state index is 12.7. The summed E-state index contributed by atoms with van der Waals surface area (Å²) in [5.41, 5.74) is 1.79. The van der Waals surface area contributed by atoms with Crippen molar-refractivity contribution < 1.29 is 13.2 Å². The molecule has 0 saturated heterocycles. The van der Waals surface area contributed by atoms with Crippen molar-refractivity contribution in [3.05, 3.63) is 70.8 Å². The Labute approximate surface area is 176 Å². The maximum absolute atomic E-state index is 12.7. The third-order valence-electron chi connectivity index (χ3n) is 4.32. The molecule has 0 saturated carbocycles. The lowest BCUT2D eigenvalue weighted by Gasteiger charge is -2.09. The number of halogens is 1. The Kier molecular flexibility index (Phi) is 5.03. The summed E-state index contributed by atoms with van der Waals surface area (Å²) < 4.78 is 28.9. The second-order valence-corrected chi connectivity index (χ2v) is 9.23. The number of aryl methyl sites for hydroxylation is 1. The van der Waals surface area contributed by atoms with Crippen LogP contribution in [-0.2, 0) is 17.1 Å². The summed E-state index contributed by atoms with van der Waals surface area (Å²) in [4.78, 5) is 16.7. The summed E-state index contributed by atoms with van der Waals surface area (Å²) in [6, 6.07) is 13.1. The molecule has 2 N–H and O–H groups in total. The number of sulfonamides is 1. The van der Waals surface area contributed by atoms with Gasteiger partial charge in [-0.2, -0.15) is 0 Å². The van der Waals surface area contributed by atoms with Gasteiger partial charge in [0.15, 0.2) is 5.13 Å². The molecule has 0 aliphatic rings. The van der Waals surface area contributed by atoms with E-state index in [-0.39, 0.29) is 10.8 Å². The largest absolute Gasteiger partial charge is 0.340 e. The van der Waals surface area contributed by atoms with E-state index >= 15 is 0 Å². The number of nitrogens with one attached hydrogen (secondary N) is 2. The predicted octanol–water partition coefficient (Wildman–Crippen LogP) is 4.34. The summed E-state index contributed by atoms with van der Waals surface area (Å²) in [6.07, 6.45) is 1.52. The van der Waals surface area contributed by atoms with Crippen molar-refractivity contribution in [1.29, 1.82) is 0 Å². The van der Waals surface area contributed by atoms with E-state index in [4.69, 9.17) is 11.6 Å². The van der Waals surface area contributed by atoms with Crippen molar-refractivity contribution in [3.63, 3.8) is 0 Å². The van der Waals surface area contributed by atoms with Crippen LogP contribution in [0.2, 0.25) is 5.02 Å². The molecule has 7 nitrogen and oxygen atoms in total. The number of anilines is 2. The van der Waals surface area contributed by atoms with Gasteiger partial charge in [0.25, 0.3) is 15.9 Å². The smallest absolute Gasteiger partial charge is 0.272 e. The zero-order chi connectivity index (χ0) is 20.6. The first kappa shape index (κ1) is 19.4. The van der Waals surface area contributed by atoms with E-state index < -0.39 is 10.0 Å². The molecule has 1 amide bonds. The molecular weight excluding hydrogens is 432 g/mol. The highest BCUT2D eigenvalue weighted by Gasteiger charge is 2.17. The van der Waals surface area contributed by atoms with E-state index in [1.54, 1.807) is 35.2 Å². The van der Waals surface area contributed by atoms with Gasteiger partial charge in [-0.15, -0.1) is 11.3 Å². The minimum absolute atomic E-state index is 0.0740. The monoisotopic (exact) mass is 446 g/mol. The van der Waals surface area contributed by atoms with Crippen molar-refractivity contribution >= 4 is 60.6 Å². The van der Waals surface area contributed by atoms with Crippen LogP contribution in [0.1, 0.15) is 10.5 Å². The Morgan fingerprint density at radius 1 is 1.14 bits per heavy atom. The summed E-state index contributed by atoms with van der Waals surface area (Å²) in [7, 11) is -1.95. The zero-order valence-electron chi connectivity index (χ0n) is 15.1. The molecule has 29 heavy (non-hydrogen) atoms. The first-order valence-electron chi connectivity index (χ1n) is 8.42. The van der Waals surface area contributed by atoms with Crippen LogP contribution in [0.15, 0.2) is 65.0 Å². The fourth-order valence-electron chi connectivity index (χ4n) is 2.88. The Bertz CT molecular complexity index is 1300. The maximum Gasteiger partial charge on any atom is 0.272 e. The minimum atomic E-state index is -3.74. The number of nitrogens with zero attached hydrogens (tertiary/aromatic N) is 2. The van der Waals surface area contributed by atoms with Crippen molar-refractivity contribution in [1.82, 2.24) is 9.55 Å². The van der Waals surface area contributed by atoms with E-state index in [0.717, 1.165) is 10.9 Å². The number of benzene rings is 2. The average molecular weight is 447 g/mol. The standard InChI is InChI=1S/C19H15ClN4O3S2/c1-24-16-11-13(20)3-2-12(16)10-17(24)18(25)22-14-4-6-15(7-5-14)29(26,27)23-19-21-8-9-28-19/h2-11H,1H3,(H,21,23)(H,22,25). The van der Waals surface area contributed by atoms with Crippen LogP contribution in [0.25, 0.3) is 10.9 Å². The van der Waals surface area contributed by atoms with Gasteiger partial charge in [0.2, 0.25) is 0 Å². The van der Waals surface area contributed by atoms with E-state index in [0.29, 0.717) is 21.5 Å². The number of carbonyl (C=O) groups excluding carboxylic acids is 1. The fraction of sp³-hybridized carbons (Fsp3) is 0.0526. The zero-order valence-corrected chi connectivity index (χ0v) is 17.5. The molecule has 0 atom stereocenters. The van der Waals surface area contributed by atoms with Crippen molar-refractivity contribution in [2.24, 2.45) is 7.05 Å². The highest BCUT2D eigenvalue weighted by molar-refractivity contribution is 7.93. The minimum Gasteiger partial charge on any atom is -0.340 e. The molecule has 0 fully saturated rings. The Hall–Kier alpha value is -2.88. The van der Waals surface area contributed by atoms with E-state index in [1.807, 2.05) is 6.07 Å². The number of carbonyl (C=O) groups is 1. The molecule has 10 heteroatoms. The van der Waals surface area contributed by atoms with Crippen molar-refractivity contribution in [2.45, 2.75) is 4.90 Å². The van der Waals surface area contributed by atoms with E-state index in [9.17, 15) is 13.2 Å². The Morgan fingerprint density at radius 3 is 2.59 bits per heavy atom. The summed E-state index contributed by atoms with van der Waals surface area (Å²) in [5, 5.41) is 6.24. The number of amides is 1. The molecule has 148 valence electrons. The van der Waals surface area contributed by atoms with Crippen LogP contribution in [0.4, 0.5) is 10.8 Å². The SMILES string of the molecule is Cn1c(C(=O)Nc2ccc(S(=O)(=O)Nc3nccs3)cc2)cc2ccc(Cl)cc21. The van der Waals surface area contributed by atoms with Crippen LogP contribution in [0.3, 0.4) is 0 Å². The van der Waals surface area contributed by atoms with Gasteiger partial charge >= 0.3 is 0 Å². The molecule has 0 bridgehead atoms. The van der Waals surface area contributed by atoms with Crippen LogP contribution < -0.4 is 10.0 Å². The lowest BCUT2D eigenvalue weighted by atomic mass is 10.2. The number of rotatable bonds is 5. The molecule has 0 aliphatic carbocycles. The number of thiazole rings is 1. The molecule has 2 heterocycles. The number of hydrogen-bond donors (Lipinski definition) is 2. The molecule has 4 aromatic rings. The predicted molar refractivity (Wildman–Crippen MR) is 115 cm³/mol. The van der Waals surface area contributed by atoms with Gasteiger partial charge in [-0.3, -0.25) is 9.52 Å². The van der Waals surface area contributed by atoms with Gasteiger partial charge in [0, 0.05) is 40.2 Å². The lowest BCUT2D eigenvalue weighted by Crippen LogP contribution is -2.16. The van der Waals surface area contributed by atoms with Crippen LogP contribution in [-0.4, -0.2) is 23.9 Å². The molecule has 0 aliphatic heterocycles. The van der Waals surface area contributed by atoms with Gasteiger partial charge < -0.3 is 9.88 Å². The summed E-state index contributed by atoms with van der Waals surface area (Å²) >= 11 is 7.22. The molecule has 2 aromatic carbocycles. The third kappa shape index (κ3) is 3.98. The highest BCUT2D eigenvalue weighted by Crippen LogP contribution is 2.24. The highest BCUT2D eigenvalue weighted by atomic mass is 35.5. The van der Waals surface area contributed by atoms with Crippen LogP contribution >= 0.6 is 22.9 Å². The summed E-state index contributed by atoms with van der Waals surface area (Å²) in [6.45, 7) is 0. The first-order valence-corrected chi connectivity index (χ1v) is 11.2. The van der Waals surface area contributed by atoms with Gasteiger partial charge in [-0.1, -0.05) is 17.7 Å². The van der Waals surface area contributed by atoms with Gasteiger partial charge in [-0.25, -0.2) is 13.4 Å².